The number of nitrogens with one attached hydrogen (secondary N) is 1. The van der Waals surface area contributed by atoms with E-state index in [2.05, 4.69) is 5.10 Å². The van der Waals surface area contributed by atoms with Crippen molar-refractivity contribution in [3.63, 3.8) is 0 Å². The average Bonchev–Trinajstić information content (AvgIpc) is 2.49. The Kier molecular flexibility index (Phi) is 5.32. The quantitative estimate of drug-likeness (QED) is 0.779. The van der Waals surface area contributed by atoms with Crippen molar-refractivity contribution in [3.8, 4) is 0 Å². The third-order valence-electron chi connectivity index (χ3n) is 3.86. The largest absolute Gasteiger partial charge is 0.395 e. The van der Waals surface area contributed by atoms with Gasteiger partial charge in [0.25, 0.3) is 11.1 Å². The number of hydrogen-bond acceptors (Lipinski definition) is 4. The molecule has 0 unspecified atom stereocenters. The molecule has 2 N–H and O–H groups in total. The third-order valence-corrected chi connectivity index (χ3v) is 3.86. The highest BCUT2D eigenvalue weighted by molar-refractivity contribution is 5.76. The van der Waals surface area contributed by atoms with Crippen molar-refractivity contribution in [1.82, 2.24) is 14.7 Å². The van der Waals surface area contributed by atoms with Gasteiger partial charge in [-0.05, 0) is 12.8 Å². The number of rotatable bonds is 5. The number of nitrogens with zero attached hydrogens (tertiary/aromatic N) is 2. The van der Waals surface area contributed by atoms with E-state index in [0.29, 0.717) is 0 Å². The predicted octanol–water partition coefficient (Wildman–Crippen LogP) is -0.310. The Morgan fingerprint density at radius 2 is 2.00 bits per heavy atom. The van der Waals surface area contributed by atoms with Crippen LogP contribution in [0.25, 0.3) is 0 Å². The number of carbonyl (C=O) groups excluding carboxylic acids is 1. The van der Waals surface area contributed by atoms with Gasteiger partial charge in [0.05, 0.1) is 6.61 Å². The van der Waals surface area contributed by atoms with Crippen molar-refractivity contribution >= 4 is 5.91 Å². The molecule has 0 radical (unpaired) electrons. The number of hydrogen-bond donors (Lipinski definition) is 2. The van der Waals surface area contributed by atoms with Crippen LogP contribution in [-0.4, -0.2) is 44.9 Å². The lowest BCUT2D eigenvalue weighted by Gasteiger charge is -2.34. The smallest absolute Gasteiger partial charge is 0.265 e. The fourth-order valence-electron chi connectivity index (χ4n) is 2.82. The molecule has 1 amide bonds. The lowest BCUT2D eigenvalue weighted by atomic mass is 9.94. The molecule has 0 saturated heterocycles. The number of aromatic amines is 1. The summed E-state index contributed by atoms with van der Waals surface area (Å²) >= 11 is 0. The molecular formula is C14H21N3O4. The van der Waals surface area contributed by atoms with Gasteiger partial charge >= 0.3 is 0 Å². The van der Waals surface area contributed by atoms with E-state index in [9.17, 15) is 14.4 Å². The molecule has 1 aromatic heterocycles. The fraction of sp³-hybridized carbons (Fsp3) is 0.643. The number of aromatic nitrogens is 2. The molecule has 1 fully saturated rings. The van der Waals surface area contributed by atoms with Crippen LogP contribution in [-0.2, 0) is 11.3 Å². The van der Waals surface area contributed by atoms with Gasteiger partial charge in [-0.1, -0.05) is 19.3 Å². The lowest BCUT2D eigenvalue weighted by Crippen LogP contribution is -2.46. The van der Waals surface area contributed by atoms with E-state index in [-0.39, 0.29) is 31.6 Å². The Balaban J connectivity index is 2.12. The highest BCUT2D eigenvalue weighted by Gasteiger charge is 2.25. The number of carbonyl (C=O) groups is 1. The van der Waals surface area contributed by atoms with Gasteiger partial charge in [-0.25, -0.2) is 4.68 Å². The molecule has 1 aromatic rings. The van der Waals surface area contributed by atoms with Crippen LogP contribution in [0.2, 0.25) is 0 Å². The third kappa shape index (κ3) is 4.04. The van der Waals surface area contributed by atoms with Crippen LogP contribution >= 0.6 is 0 Å². The zero-order chi connectivity index (χ0) is 15.2. The summed E-state index contributed by atoms with van der Waals surface area (Å²) in [5, 5.41) is 11.5. The van der Waals surface area contributed by atoms with E-state index in [1.807, 2.05) is 0 Å². The minimum Gasteiger partial charge on any atom is -0.395 e. The Morgan fingerprint density at radius 3 is 2.67 bits per heavy atom. The molecule has 21 heavy (non-hydrogen) atoms. The van der Waals surface area contributed by atoms with Crippen molar-refractivity contribution < 1.29 is 9.90 Å². The SMILES string of the molecule is O=C(Cn1[nH]c(=O)ccc1=O)N(CCO)C1CCCCC1. The summed E-state index contributed by atoms with van der Waals surface area (Å²) in [6.45, 7) is -0.0524. The van der Waals surface area contributed by atoms with Gasteiger partial charge in [-0.15, -0.1) is 0 Å². The van der Waals surface area contributed by atoms with Crippen molar-refractivity contribution in [2.75, 3.05) is 13.2 Å². The number of aliphatic hydroxyl groups excluding tert-OH is 1. The normalized spacial score (nSPS) is 15.9. The Morgan fingerprint density at radius 1 is 1.29 bits per heavy atom. The second-order valence-electron chi connectivity index (χ2n) is 5.34. The summed E-state index contributed by atoms with van der Waals surface area (Å²) in [5.41, 5.74) is -0.843. The Labute approximate surface area is 122 Å². The molecule has 1 aliphatic rings. The molecule has 0 aromatic carbocycles. The first kappa shape index (κ1) is 15.5. The maximum absolute atomic E-state index is 12.4. The van der Waals surface area contributed by atoms with Crippen molar-refractivity contribution in [2.45, 2.75) is 44.7 Å². The molecule has 116 valence electrons. The van der Waals surface area contributed by atoms with Gasteiger partial charge in [-0.2, -0.15) is 0 Å². The van der Waals surface area contributed by atoms with Crippen molar-refractivity contribution in [1.29, 1.82) is 0 Å². The van der Waals surface area contributed by atoms with Crippen LogP contribution in [0.4, 0.5) is 0 Å². The van der Waals surface area contributed by atoms with Crippen molar-refractivity contribution in [2.24, 2.45) is 0 Å². The summed E-state index contributed by atoms with van der Waals surface area (Å²) in [4.78, 5) is 36.9. The molecule has 2 rings (SSSR count). The monoisotopic (exact) mass is 295 g/mol. The molecule has 0 bridgehead atoms. The molecule has 1 heterocycles. The highest BCUT2D eigenvalue weighted by Crippen LogP contribution is 2.22. The zero-order valence-corrected chi connectivity index (χ0v) is 12.0. The van der Waals surface area contributed by atoms with E-state index >= 15 is 0 Å². The standard InChI is InChI=1S/C14H21N3O4/c18-9-8-16(11-4-2-1-3-5-11)14(21)10-17-13(20)7-6-12(19)15-17/h6-7,11,18H,1-5,8-10H2,(H,15,19). The maximum atomic E-state index is 12.4. The predicted molar refractivity (Wildman–Crippen MR) is 77.0 cm³/mol. The molecule has 7 heteroatoms. The summed E-state index contributed by atoms with van der Waals surface area (Å²) in [6, 6.07) is 2.39. The van der Waals surface area contributed by atoms with E-state index in [0.717, 1.165) is 42.5 Å². The van der Waals surface area contributed by atoms with E-state index in [4.69, 9.17) is 5.11 Å². The minimum atomic E-state index is -0.422. The molecular weight excluding hydrogens is 274 g/mol. The second kappa shape index (κ2) is 7.21. The van der Waals surface area contributed by atoms with Crippen LogP contribution < -0.4 is 11.1 Å². The first-order valence-electron chi connectivity index (χ1n) is 7.32. The van der Waals surface area contributed by atoms with Gasteiger partial charge in [0, 0.05) is 24.7 Å². The van der Waals surface area contributed by atoms with Gasteiger partial charge in [0.1, 0.15) is 6.54 Å². The van der Waals surface area contributed by atoms with Gasteiger partial charge < -0.3 is 10.0 Å². The molecule has 7 nitrogen and oxygen atoms in total. The summed E-state index contributed by atoms with van der Waals surface area (Å²) < 4.78 is 1.01. The van der Waals surface area contributed by atoms with Crippen LogP contribution in [0.15, 0.2) is 21.7 Å². The highest BCUT2D eigenvalue weighted by atomic mass is 16.3. The van der Waals surface area contributed by atoms with Gasteiger partial charge in [0.15, 0.2) is 0 Å². The summed E-state index contributed by atoms with van der Waals surface area (Å²) in [5.74, 6) is -0.250. The summed E-state index contributed by atoms with van der Waals surface area (Å²) in [7, 11) is 0. The first-order valence-corrected chi connectivity index (χ1v) is 7.32. The van der Waals surface area contributed by atoms with Gasteiger partial charge in [-0.3, -0.25) is 19.5 Å². The topological polar surface area (TPSA) is 95.4 Å². The minimum absolute atomic E-state index is 0.109. The number of H-pyrrole nitrogens is 1. The Hall–Kier alpha value is -1.89. The maximum Gasteiger partial charge on any atom is 0.265 e. The second-order valence-corrected chi connectivity index (χ2v) is 5.34. The zero-order valence-electron chi connectivity index (χ0n) is 12.0. The Bertz CT molecular complexity index is 586. The summed E-state index contributed by atoms with van der Waals surface area (Å²) in [6.07, 6.45) is 5.16. The van der Waals surface area contributed by atoms with Gasteiger partial charge in [0.2, 0.25) is 5.91 Å². The van der Waals surface area contributed by atoms with E-state index in [1.165, 1.54) is 6.42 Å². The van der Waals surface area contributed by atoms with Crippen LogP contribution in [0.5, 0.6) is 0 Å². The average molecular weight is 295 g/mol. The van der Waals surface area contributed by atoms with E-state index in [1.54, 1.807) is 4.90 Å². The van der Waals surface area contributed by atoms with Crippen molar-refractivity contribution in [3.05, 3.63) is 32.8 Å². The fourth-order valence-corrected chi connectivity index (χ4v) is 2.82. The van der Waals surface area contributed by atoms with Crippen LogP contribution in [0.1, 0.15) is 32.1 Å². The van der Waals surface area contributed by atoms with E-state index < -0.39 is 11.1 Å². The number of amides is 1. The molecule has 0 spiro atoms. The van der Waals surface area contributed by atoms with Crippen LogP contribution in [0, 0.1) is 0 Å². The number of aliphatic hydroxyl groups is 1. The van der Waals surface area contributed by atoms with Crippen LogP contribution in [0.3, 0.4) is 0 Å². The molecule has 0 aliphatic heterocycles. The first-order chi connectivity index (χ1) is 10.1. The lowest BCUT2D eigenvalue weighted by molar-refractivity contribution is -0.135. The molecule has 1 aliphatic carbocycles. The molecule has 0 atom stereocenters. The molecule has 1 saturated carbocycles.